The molecule has 28 heavy (non-hydrogen) atoms. The van der Waals surface area contributed by atoms with E-state index in [0.717, 1.165) is 13.1 Å². The van der Waals surface area contributed by atoms with Gasteiger partial charge in [-0.05, 0) is 30.7 Å². The summed E-state index contributed by atoms with van der Waals surface area (Å²) in [6.45, 7) is 3.98. The predicted molar refractivity (Wildman–Crippen MR) is 101 cm³/mol. The van der Waals surface area contributed by atoms with E-state index in [9.17, 15) is 4.79 Å². The molecule has 0 saturated carbocycles. The third kappa shape index (κ3) is 5.82. The molecule has 0 aromatic heterocycles. The number of nitrogens with zero attached hydrogens (tertiary/aromatic N) is 1. The topological polar surface area (TPSA) is 130 Å². The number of carbonyl (C=O) groups excluding carboxylic acids is 1. The molecule has 1 saturated heterocycles. The van der Waals surface area contributed by atoms with Crippen LogP contribution in [0.3, 0.4) is 0 Å². The van der Waals surface area contributed by atoms with Gasteiger partial charge in [-0.25, -0.2) is 9.59 Å². The highest BCUT2D eigenvalue weighted by Crippen LogP contribution is 2.27. The number of hydrogen-bond acceptors (Lipinski definition) is 5. The largest absolute Gasteiger partial charge is 0.488 e. The predicted octanol–water partition coefficient (Wildman–Crippen LogP) is 1.77. The minimum Gasteiger partial charge on any atom is -0.488 e. The van der Waals surface area contributed by atoms with E-state index >= 15 is 0 Å². The van der Waals surface area contributed by atoms with Crippen LogP contribution < -0.4 is 10.5 Å². The summed E-state index contributed by atoms with van der Waals surface area (Å²) in [4.78, 5) is 31.8. The van der Waals surface area contributed by atoms with Gasteiger partial charge in [-0.15, -0.1) is 0 Å². The standard InChI is InChI=1S/C18H20N2O2.C2H2O4/c1-13(14-6-3-2-4-7-14)20-11-17(12-20)22-16-9-5-8-15(10-16)18(19)21;3-1(4)2(5)6/h2-10,13,17H,11-12H2,1H3,(H2,19,21);(H,3,4)(H,5,6). The lowest BCUT2D eigenvalue weighted by molar-refractivity contribution is -0.159. The number of primary amides is 1. The van der Waals surface area contributed by atoms with E-state index < -0.39 is 17.8 Å². The van der Waals surface area contributed by atoms with Crippen LogP contribution in [-0.4, -0.2) is 52.2 Å². The van der Waals surface area contributed by atoms with Gasteiger partial charge in [-0.2, -0.15) is 0 Å². The zero-order valence-corrected chi connectivity index (χ0v) is 15.3. The van der Waals surface area contributed by atoms with Crippen LogP contribution in [0.1, 0.15) is 28.9 Å². The molecule has 0 spiro atoms. The smallest absolute Gasteiger partial charge is 0.414 e. The van der Waals surface area contributed by atoms with E-state index in [4.69, 9.17) is 30.3 Å². The molecule has 0 radical (unpaired) electrons. The average Bonchev–Trinajstić information content (AvgIpc) is 2.65. The molecule has 1 heterocycles. The maximum absolute atomic E-state index is 11.2. The molecule has 3 rings (SSSR count). The summed E-state index contributed by atoms with van der Waals surface area (Å²) in [5.41, 5.74) is 7.08. The Morgan fingerprint density at radius 2 is 1.64 bits per heavy atom. The zero-order chi connectivity index (χ0) is 20.7. The lowest BCUT2D eigenvalue weighted by Crippen LogP contribution is -2.54. The van der Waals surface area contributed by atoms with Gasteiger partial charge >= 0.3 is 11.9 Å². The number of aliphatic carboxylic acids is 2. The Bertz CT molecular complexity index is 822. The molecule has 4 N–H and O–H groups in total. The van der Waals surface area contributed by atoms with Gasteiger partial charge in [0.25, 0.3) is 0 Å². The van der Waals surface area contributed by atoms with E-state index in [2.05, 4.69) is 36.1 Å². The van der Waals surface area contributed by atoms with E-state index in [1.54, 1.807) is 18.2 Å². The minimum absolute atomic E-state index is 0.161. The van der Waals surface area contributed by atoms with Gasteiger partial charge in [0.2, 0.25) is 5.91 Å². The van der Waals surface area contributed by atoms with Gasteiger partial charge in [0, 0.05) is 24.7 Å². The third-order valence-corrected chi connectivity index (χ3v) is 4.31. The maximum atomic E-state index is 11.2. The molecular formula is C20H22N2O6. The number of nitrogens with two attached hydrogens (primary N) is 1. The molecule has 1 unspecified atom stereocenters. The van der Waals surface area contributed by atoms with Gasteiger partial charge in [0.1, 0.15) is 11.9 Å². The van der Waals surface area contributed by atoms with Gasteiger partial charge < -0.3 is 20.7 Å². The van der Waals surface area contributed by atoms with Gasteiger partial charge in [0.05, 0.1) is 0 Å². The molecule has 1 amide bonds. The van der Waals surface area contributed by atoms with Crippen LogP contribution >= 0.6 is 0 Å². The van der Waals surface area contributed by atoms with Crippen molar-refractivity contribution < 1.29 is 29.3 Å². The lowest BCUT2D eigenvalue weighted by atomic mass is 10.0. The van der Waals surface area contributed by atoms with Crippen molar-refractivity contribution >= 4 is 17.8 Å². The Labute approximate surface area is 162 Å². The molecule has 1 fully saturated rings. The van der Waals surface area contributed by atoms with Crippen LogP contribution in [0.15, 0.2) is 54.6 Å². The number of hydrogen-bond donors (Lipinski definition) is 3. The van der Waals surface area contributed by atoms with Crippen LogP contribution in [0.25, 0.3) is 0 Å². The van der Waals surface area contributed by atoms with Gasteiger partial charge in [0.15, 0.2) is 0 Å². The monoisotopic (exact) mass is 386 g/mol. The third-order valence-electron chi connectivity index (χ3n) is 4.31. The molecule has 1 aliphatic heterocycles. The molecule has 8 heteroatoms. The Kier molecular flexibility index (Phi) is 7.11. The van der Waals surface area contributed by atoms with Crippen molar-refractivity contribution in [3.05, 3.63) is 65.7 Å². The highest BCUT2D eigenvalue weighted by molar-refractivity contribution is 6.27. The second-order valence-electron chi connectivity index (χ2n) is 6.28. The summed E-state index contributed by atoms with van der Waals surface area (Å²) in [7, 11) is 0. The first-order chi connectivity index (χ1) is 13.3. The number of benzene rings is 2. The van der Waals surface area contributed by atoms with E-state index in [1.165, 1.54) is 5.56 Å². The van der Waals surface area contributed by atoms with Crippen molar-refractivity contribution in [1.29, 1.82) is 0 Å². The summed E-state index contributed by atoms with van der Waals surface area (Å²) >= 11 is 0. The Morgan fingerprint density at radius 1 is 1.04 bits per heavy atom. The molecule has 0 aliphatic carbocycles. The Morgan fingerprint density at radius 3 is 2.18 bits per heavy atom. The number of carbonyl (C=O) groups is 3. The summed E-state index contributed by atoms with van der Waals surface area (Å²) in [5, 5.41) is 14.8. The van der Waals surface area contributed by atoms with Crippen LogP contribution in [0, 0.1) is 0 Å². The van der Waals surface area contributed by atoms with E-state index in [1.807, 2.05) is 12.1 Å². The highest BCUT2D eigenvalue weighted by Gasteiger charge is 2.32. The molecule has 2 aromatic carbocycles. The second kappa shape index (κ2) is 9.52. The van der Waals surface area contributed by atoms with Crippen molar-refractivity contribution in [3.63, 3.8) is 0 Å². The Hall–Kier alpha value is -3.39. The fourth-order valence-electron chi connectivity index (χ4n) is 2.72. The van der Waals surface area contributed by atoms with Crippen LogP contribution in [-0.2, 0) is 9.59 Å². The number of ether oxygens (including phenoxy) is 1. The normalized spacial score (nSPS) is 14.8. The number of carboxylic acid groups (broad SMARTS) is 2. The molecule has 1 atom stereocenters. The van der Waals surface area contributed by atoms with Gasteiger partial charge in [-0.3, -0.25) is 9.69 Å². The quantitative estimate of drug-likeness (QED) is 0.668. The van der Waals surface area contributed by atoms with Crippen molar-refractivity contribution in [2.75, 3.05) is 13.1 Å². The molecule has 2 aromatic rings. The first-order valence-electron chi connectivity index (χ1n) is 8.59. The highest BCUT2D eigenvalue weighted by atomic mass is 16.5. The first-order valence-corrected chi connectivity index (χ1v) is 8.59. The zero-order valence-electron chi connectivity index (χ0n) is 15.3. The van der Waals surface area contributed by atoms with Crippen molar-refractivity contribution in [2.24, 2.45) is 5.73 Å². The summed E-state index contributed by atoms with van der Waals surface area (Å²) in [6.07, 6.45) is 0.161. The number of rotatable bonds is 5. The maximum Gasteiger partial charge on any atom is 0.414 e. The summed E-state index contributed by atoms with van der Waals surface area (Å²) < 4.78 is 5.91. The minimum atomic E-state index is -1.82. The number of likely N-dealkylation sites (tertiary alicyclic amines) is 1. The fraction of sp³-hybridized carbons (Fsp3) is 0.250. The first kappa shape index (κ1) is 20.9. The summed E-state index contributed by atoms with van der Waals surface area (Å²) in [5.74, 6) is -3.38. The lowest BCUT2D eigenvalue weighted by Gasteiger charge is -2.43. The van der Waals surface area contributed by atoms with Gasteiger partial charge in [-0.1, -0.05) is 36.4 Å². The fourth-order valence-corrected chi connectivity index (χ4v) is 2.72. The summed E-state index contributed by atoms with van der Waals surface area (Å²) in [6, 6.07) is 17.9. The molecule has 8 nitrogen and oxygen atoms in total. The molecular weight excluding hydrogens is 364 g/mol. The average molecular weight is 386 g/mol. The van der Waals surface area contributed by atoms with Crippen LogP contribution in [0.4, 0.5) is 0 Å². The second-order valence-corrected chi connectivity index (χ2v) is 6.28. The van der Waals surface area contributed by atoms with Crippen LogP contribution in [0.5, 0.6) is 5.75 Å². The number of carboxylic acids is 2. The van der Waals surface area contributed by atoms with Crippen molar-refractivity contribution in [3.8, 4) is 5.75 Å². The van der Waals surface area contributed by atoms with Crippen LogP contribution in [0.2, 0.25) is 0 Å². The molecule has 0 bridgehead atoms. The van der Waals surface area contributed by atoms with Crippen molar-refractivity contribution in [2.45, 2.75) is 19.1 Å². The molecule has 148 valence electrons. The Balaban J connectivity index is 0.000000409. The van der Waals surface area contributed by atoms with E-state index in [0.29, 0.717) is 17.4 Å². The van der Waals surface area contributed by atoms with Crippen molar-refractivity contribution in [1.82, 2.24) is 4.90 Å². The molecule has 1 aliphatic rings. The number of amides is 1. The van der Waals surface area contributed by atoms with E-state index in [-0.39, 0.29) is 6.10 Å². The SMILES string of the molecule is CC(c1ccccc1)N1CC(Oc2cccc(C(N)=O)c2)C1.O=C(O)C(=O)O.